The minimum absolute atomic E-state index is 0.0363. The standard InChI is InChI=1S/C42H70O19/c1-45-27-5-11-34(48-19-27)56-29-7-12-35(49-21-29)57-30-8-14-37(51-22-30)59-32-24-52-42(58-31-9-13-36(50-23-31)55-28-6-10-33(46-2)47-20-28)41(61-39-16-4-26(18-44)54-39)40(32)60-38-15-3-25(17-43)53-38/h25-44H,3-24H2,1-2H3. The summed E-state index contributed by atoms with van der Waals surface area (Å²) < 4.78 is 105. The van der Waals surface area contributed by atoms with Crippen molar-refractivity contribution in [1.82, 2.24) is 0 Å². The lowest BCUT2D eigenvalue weighted by Crippen LogP contribution is -2.60. The summed E-state index contributed by atoms with van der Waals surface area (Å²) in [6, 6.07) is 0. The van der Waals surface area contributed by atoms with Crippen LogP contribution in [0.2, 0.25) is 0 Å². The van der Waals surface area contributed by atoms with Gasteiger partial charge < -0.3 is 90.7 Å². The minimum atomic E-state index is -0.857. The molecule has 0 radical (unpaired) electrons. The first-order valence-electron chi connectivity index (χ1n) is 22.8. The SMILES string of the molecule is COC1CCC(OC2CCC(OC3CCC(OC4COC(OC5CCC(OC6CCC(OC)OC6)OC5)C(OC5CCC(CO)O5)C4OC4CCC(CO)O4)OC3)OC2)OC1. The Morgan fingerprint density at radius 2 is 0.770 bits per heavy atom. The predicted octanol–water partition coefficient (Wildman–Crippen LogP) is 2.38. The molecular weight excluding hydrogens is 808 g/mol. The van der Waals surface area contributed by atoms with E-state index in [-0.39, 0.29) is 87.7 Å². The van der Waals surface area contributed by atoms with Crippen molar-refractivity contribution in [3.63, 3.8) is 0 Å². The summed E-state index contributed by atoms with van der Waals surface area (Å²) in [5, 5.41) is 19.6. The molecule has 0 aliphatic carbocycles. The zero-order valence-electron chi connectivity index (χ0n) is 35.8. The fourth-order valence-corrected chi connectivity index (χ4v) is 9.23. The summed E-state index contributed by atoms with van der Waals surface area (Å²) in [7, 11) is 3.35. The highest BCUT2D eigenvalue weighted by Gasteiger charge is 2.50. The predicted molar refractivity (Wildman–Crippen MR) is 206 cm³/mol. The van der Waals surface area contributed by atoms with E-state index in [1.807, 2.05) is 0 Å². The number of methoxy groups -OCH3 is 2. The van der Waals surface area contributed by atoms with Crippen LogP contribution in [0.15, 0.2) is 0 Å². The Labute approximate surface area is 358 Å². The van der Waals surface area contributed by atoms with E-state index in [2.05, 4.69) is 0 Å². The summed E-state index contributed by atoms with van der Waals surface area (Å²) in [5.74, 6) is 0. The Hall–Kier alpha value is -0.760. The molecule has 18 atom stereocenters. The highest BCUT2D eigenvalue weighted by Crippen LogP contribution is 2.36. The second kappa shape index (κ2) is 23.6. The first-order valence-corrected chi connectivity index (χ1v) is 22.8. The van der Waals surface area contributed by atoms with Crippen LogP contribution in [0.1, 0.15) is 89.9 Å². The molecule has 0 spiro atoms. The maximum atomic E-state index is 9.83. The molecule has 18 unspecified atom stereocenters. The van der Waals surface area contributed by atoms with E-state index in [1.54, 1.807) is 14.2 Å². The minimum Gasteiger partial charge on any atom is -0.394 e. The topological polar surface area (TPSA) is 197 Å². The van der Waals surface area contributed by atoms with Crippen LogP contribution < -0.4 is 0 Å². The van der Waals surface area contributed by atoms with Crippen molar-refractivity contribution in [2.75, 3.05) is 67.1 Å². The Bertz CT molecular complexity index is 1230. The summed E-state index contributed by atoms with van der Waals surface area (Å²) in [4.78, 5) is 0. The van der Waals surface area contributed by atoms with Gasteiger partial charge in [0.2, 0.25) is 0 Å². The molecule has 8 fully saturated rings. The molecule has 8 rings (SSSR count). The molecule has 0 bridgehead atoms. The zero-order valence-corrected chi connectivity index (χ0v) is 35.8. The van der Waals surface area contributed by atoms with Gasteiger partial charge in [0.25, 0.3) is 0 Å². The van der Waals surface area contributed by atoms with Crippen LogP contribution in [0.5, 0.6) is 0 Å². The molecule has 0 aromatic carbocycles. The van der Waals surface area contributed by atoms with Crippen molar-refractivity contribution in [2.24, 2.45) is 0 Å². The first kappa shape index (κ1) is 46.8. The number of ether oxygens (including phenoxy) is 17. The highest BCUT2D eigenvalue weighted by atomic mass is 16.8. The largest absolute Gasteiger partial charge is 0.394 e. The van der Waals surface area contributed by atoms with E-state index < -0.39 is 43.5 Å². The second-order valence-electron chi connectivity index (χ2n) is 17.3. The maximum Gasteiger partial charge on any atom is 0.187 e. The maximum absolute atomic E-state index is 9.83. The van der Waals surface area contributed by atoms with Gasteiger partial charge in [0.1, 0.15) is 18.3 Å². The second-order valence-corrected chi connectivity index (χ2v) is 17.3. The molecule has 0 aromatic heterocycles. The Morgan fingerprint density at radius 3 is 1.18 bits per heavy atom. The van der Waals surface area contributed by atoms with Crippen molar-refractivity contribution < 1.29 is 90.7 Å². The molecule has 2 N–H and O–H groups in total. The van der Waals surface area contributed by atoms with Crippen molar-refractivity contribution >= 4 is 0 Å². The molecule has 8 aliphatic rings. The number of rotatable bonds is 18. The van der Waals surface area contributed by atoms with Crippen molar-refractivity contribution in [2.45, 2.75) is 201 Å². The Morgan fingerprint density at radius 1 is 0.361 bits per heavy atom. The summed E-state index contributed by atoms with van der Waals surface area (Å²) in [5.41, 5.74) is 0. The van der Waals surface area contributed by atoms with E-state index in [9.17, 15) is 10.2 Å². The number of aliphatic hydroxyl groups is 2. The third-order valence-corrected chi connectivity index (χ3v) is 12.8. The molecule has 352 valence electrons. The van der Waals surface area contributed by atoms with Gasteiger partial charge >= 0.3 is 0 Å². The molecule has 19 heteroatoms. The van der Waals surface area contributed by atoms with E-state index in [4.69, 9.17) is 80.5 Å². The molecular formula is C42H70O19. The van der Waals surface area contributed by atoms with Crippen LogP contribution in [0.25, 0.3) is 0 Å². The number of aliphatic hydroxyl groups excluding tert-OH is 2. The van der Waals surface area contributed by atoms with E-state index in [0.29, 0.717) is 90.8 Å². The van der Waals surface area contributed by atoms with Gasteiger partial charge in [0.05, 0.1) is 95.6 Å². The van der Waals surface area contributed by atoms with Gasteiger partial charge in [0.15, 0.2) is 50.3 Å². The van der Waals surface area contributed by atoms with Gasteiger partial charge in [-0.3, -0.25) is 0 Å². The monoisotopic (exact) mass is 878 g/mol. The van der Waals surface area contributed by atoms with Crippen LogP contribution in [0.4, 0.5) is 0 Å². The van der Waals surface area contributed by atoms with Crippen LogP contribution >= 0.6 is 0 Å². The van der Waals surface area contributed by atoms with Gasteiger partial charge in [-0.05, 0) is 44.9 Å². The summed E-state index contributed by atoms with van der Waals surface area (Å²) in [6.07, 6.45) is 2.98. The van der Waals surface area contributed by atoms with Gasteiger partial charge in [-0.15, -0.1) is 0 Å². The number of hydrogen-bond acceptors (Lipinski definition) is 19. The zero-order chi connectivity index (χ0) is 42.0. The fourth-order valence-electron chi connectivity index (χ4n) is 9.23. The van der Waals surface area contributed by atoms with Crippen LogP contribution in [0, 0.1) is 0 Å². The molecule has 0 saturated carbocycles. The molecule has 8 saturated heterocycles. The third-order valence-electron chi connectivity index (χ3n) is 12.8. The lowest BCUT2D eigenvalue weighted by atomic mass is 10.0. The smallest absolute Gasteiger partial charge is 0.187 e. The Kier molecular flexibility index (Phi) is 18.1. The van der Waals surface area contributed by atoms with Gasteiger partial charge in [-0.1, -0.05) is 0 Å². The van der Waals surface area contributed by atoms with Crippen LogP contribution in [-0.4, -0.2) is 189 Å². The van der Waals surface area contributed by atoms with Gasteiger partial charge in [0, 0.05) is 59.2 Å². The van der Waals surface area contributed by atoms with Gasteiger partial charge in [-0.25, -0.2) is 0 Å². The van der Waals surface area contributed by atoms with E-state index >= 15 is 0 Å². The van der Waals surface area contributed by atoms with Gasteiger partial charge in [-0.2, -0.15) is 0 Å². The number of hydrogen-bond donors (Lipinski definition) is 2. The first-order chi connectivity index (χ1) is 29.9. The lowest BCUT2D eigenvalue weighted by Gasteiger charge is -2.45. The molecule has 19 nitrogen and oxygen atoms in total. The fraction of sp³-hybridized carbons (Fsp3) is 1.00. The molecule has 61 heavy (non-hydrogen) atoms. The van der Waals surface area contributed by atoms with Crippen LogP contribution in [0.3, 0.4) is 0 Å². The third kappa shape index (κ3) is 13.4. The molecule has 0 amide bonds. The quantitative estimate of drug-likeness (QED) is 0.203. The van der Waals surface area contributed by atoms with Crippen molar-refractivity contribution in [3.05, 3.63) is 0 Å². The van der Waals surface area contributed by atoms with E-state index in [1.165, 1.54) is 0 Å². The lowest BCUT2D eigenvalue weighted by molar-refractivity contribution is -0.362. The average Bonchev–Trinajstić information content (AvgIpc) is 3.97. The molecule has 8 heterocycles. The molecule has 0 aromatic rings. The van der Waals surface area contributed by atoms with Crippen molar-refractivity contribution in [1.29, 1.82) is 0 Å². The van der Waals surface area contributed by atoms with Crippen LogP contribution in [-0.2, 0) is 80.5 Å². The highest BCUT2D eigenvalue weighted by molar-refractivity contribution is 4.90. The van der Waals surface area contributed by atoms with E-state index in [0.717, 1.165) is 32.1 Å². The summed E-state index contributed by atoms with van der Waals surface area (Å²) >= 11 is 0. The molecule has 8 aliphatic heterocycles. The summed E-state index contributed by atoms with van der Waals surface area (Å²) in [6.45, 7) is 2.02. The van der Waals surface area contributed by atoms with Crippen molar-refractivity contribution in [3.8, 4) is 0 Å². The normalized spacial score (nSPS) is 45.2. The average molecular weight is 879 g/mol. The Balaban J connectivity index is 0.843.